The van der Waals surface area contributed by atoms with Crippen molar-refractivity contribution < 1.29 is 9.53 Å². The summed E-state index contributed by atoms with van der Waals surface area (Å²) in [4.78, 5) is 39.3. The first-order valence-electron chi connectivity index (χ1n) is 10.4. The summed E-state index contributed by atoms with van der Waals surface area (Å²) in [7, 11) is 0. The van der Waals surface area contributed by atoms with Crippen LogP contribution in [0.25, 0.3) is 0 Å². The summed E-state index contributed by atoms with van der Waals surface area (Å²) in [5, 5.41) is 12.0. The molecule has 0 aliphatic carbocycles. The van der Waals surface area contributed by atoms with Gasteiger partial charge in [0.15, 0.2) is 0 Å². The van der Waals surface area contributed by atoms with E-state index >= 15 is 0 Å². The number of aromatic nitrogens is 5. The molecule has 1 unspecified atom stereocenters. The first-order valence-corrected chi connectivity index (χ1v) is 10.4. The van der Waals surface area contributed by atoms with Gasteiger partial charge in [0.05, 0.1) is 24.5 Å². The Labute approximate surface area is 173 Å². The average Bonchev–Trinajstić information content (AvgIpc) is 3.43. The fourth-order valence-corrected chi connectivity index (χ4v) is 3.89. The van der Waals surface area contributed by atoms with Crippen LogP contribution in [0.1, 0.15) is 37.4 Å². The third kappa shape index (κ3) is 5.03. The van der Waals surface area contributed by atoms with Crippen molar-refractivity contribution in [2.45, 2.75) is 50.9 Å². The molecule has 1 atom stereocenters. The molecule has 4 heterocycles. The minimum absolute atomic E-state index is 0.00816. The van der Waals surface area contributed by atoms with Gasteiger partial charge in [0, 0.05) is 57.5 Å². The number of likely N-dealkylation sites (tertiary alicyclic amines) is 1. The number of aromatic amines is 1. The molecule has 0 radical (unpaired) electrons. The zero-order valence-electron chi connectivity index (χ0n) is 16.8. The highest BCUT2D eigenvalue weighted by Gasteiger charge is 2.25. The summed E-state index contributed by atoms with van der Waals surface area (Å²) >= 11 is 0. The highest BCUT2D eigenvalue weighted by Crippen LogP contribution is 2.22. The zero-order valence-corrected chi connectivity index (χ0v) is 16.8. The van der Waals surface area contributed by atoms with Gasteiger partial charge in [0.25, 0.3) is 5.56 Å². The topological polar surface area (TPSA) is 127 Å². The van der Waals surface area contributed by atoms with Crippen LogP contribution in [-0.4, -0.2) is 67.7 Å². The number of hydrogen-bond donors (Lipinski definition) is 2. The van der Waals surface area contributed by atoms with Crippen LogP contribution in [0.4, 0.5) is 0 Å². The Balaban J connectivity index is 1.23. The van der Waals surface area contributed by atoms with Gasteiger partial charge in [-0.05, 0) is 19.3 Å². The van der Waals surface area contributed by atoms with Crippen molar-refractivity contribution in [2.75, 3.05) is 26.3 Å². The maximum Gasteiger partial charge on any atom is 0.328 e. The molecule has 162 valence electrons. The van der Waals surface area contributed by atoms with Gasteiger partial charge in [-0.25, -0.2) is 9.48 Å². The molecular formula is C19H27N7O4. The Hall–Kier alpha value is -2.79. The van der Waals surface area contributed by atoms with Gasteiger partial charge in [-0.2, -0.15) is 0 Å². The molecule has 0 aromatic carbocycles. The maximum atomic E-state index is 12.5. The van der Waals surface area contributed by atoms with Crippen LogP contribution in [0.15, 0.2) is 28.0 Å². The standard InChI is InChI=1S/C19H27N7O4/c27-17-3-8-25(19(29)21-17)9-4-18(28)24-6-1-16(2-7-24)26-12-15(22-23-26)11-20-14-5-10-30-13-14/h3,8,12,14,16,20H,1-2,4-7,9-11,13H2,(H,21,27,29). The Bertz CT molecular complexity index is 968. The van der Waals surface area contributed by atoms with Crippen molar-refractivity contribution in [3.8, 4) is 0 Å². The Morgan fingerprint density at radius 1 is 1.27 bits per heavy atom. The van der Waals surface area contributed by atoms with Crippen molar-refractivity contribution in [2.24, 2.45) is 0 Å². The normalized spacial score (nSPS) is 20.0. The molecule has 2 N–H and O–H groups in total. The lowest BCUT2D eigenvalue weighted by atomic mass is 10.0. The van der Waals surface area contributed by atoms with Crippen LogP contribution in [0.5, 0.6) is 0 Å². The van der Waals surface area contributed by atoms with E-state index in [-0.39, 0.29) is 24.9 Å². The molecule has 1 amide bonds. The van der Waals surface area contributed by atoms with Crippen LogP contribution in [0.2, 0.25) is 0 Å². The lowest BCUT2D eigenvalue weighted by Crippen LogP contribution is -2.40. The van der Waals surface area contributed by atoms with Crippen molar-refractivity contribution in [3.63, 3.8) is 0 Å². The van der Waals surface area contributed by atoms with E-state index in [0.717, 1.165) is 38.2 Å². The van der Waals surface area contributed by atoms with Crippen LogP contribution in [-0.2, 0) is 22.6 Å². The minimum Gasteiger partial charge on any atom is -0.380 e. The van der Waals surface area contributed by atoms with Gasteiger partial charge in [-0.1, -0.05) is 5.21 Å². The van der Waals surface area contributed by atoms with Crippen molar-refractivity contribution >= 4 is 5.91 Å². The Morgan fingerprint density at radius 2 is 2.10 bits per heavy atom. The number of carbonyl (C=O) groups is 1. The second kappa shape index (κ2) is 9.35. The first-order chi connectivity index (χ1) is 14.6. The van der Waals surface area contributed by atoms with E-state index in [1.165, 1.54) is 16.8 Å². The van der Waals surface area contributed by atoms with E-state index in [1.54, 1.807) is 0 Å². The number of piperidine rings is 1. The van der Waals surface area contributed by atoms with Gasteiger partial charge in [0.1, 0.15) is 0 Å². The smallest absolute Gasteiger partial charge is 0.328 e. The summed E-state index contributed by atoms with van der Waals surface area (Å²) in [5.41, 5.74) is -0.0260. The molecule has 30 heavy (non-hydrogen) atoms. The van der Waals surface area contributed by atoms with Gasteiger partial charge in [-0.15, -0.1) is 5.10 Å². The summed E-state index contributed by atoms with van der Waals surface area (Å²) in [6.07, 6.45) is 6.28. The third-order valence-electron chi connectivity index (χ3n) is 5.71. The van der Waals surface area contributed by atoms with E-state index in [0.29, 0.717) is 25.7 Å². The molecule has 11 heteroatoms. The second-order valence-electron chi connectivity index (χ2n) is 7.80. The van der Waals surface area contributed by atoms with Crippen molar-refractivity contribution in [1.29, 1.82) is 0 Å². The summed E-state index contributed by atoms with van der Waals surface area (Å²) in [5.74, 6) is 0.00816. The van der Waals surface area contributed by atoms with E-state index < -0.39 is 11.2 Å². The molecule has 2 aromatic heterocycles. The highest BCUT2D eigenvalue weighted by molar-refractivity contribution is 5.76. The molecule has 2 fully saturated rings. The molecular weight excluding hydrogens is 390 g/mol. The van der Waals surface area contributed by atoms with E-state index in [4.69, 9.17) is 4.74 Å². The number of nitrogens with one attached hydrogen (secondary N) is 2. The van der Waals surface area contributed by atoms with E-state index in [2.05, 4.69) is 20.6 Å². The summed E-state index contributed by atoms with van der Waals surface area (Å²) in [6.45, 7) is 3.78. The first kappa shape index (κ1) is 20.5. The highest BCUT2D eigenvalue weighted by atomic mass is 16.5. The molecule has 2 aromatic rings. The quantitative estimate of drug-likeness (QED) is 0.607. The number of carbonyl (C=O) groups excluding carboxylic acids is 1. The molecule has 4 rings (SSSR count). The number of rotatable bonds is 7. The number of H-pyrrole nitrogens is 1. The summed E-state index contributed by atoms with van der Waals surface area (Å²) in [6, 6.07) is 1.89. The average molecular weight is 417 g/mol. The number of hydrogen-bond acceptors (Lipinski definition) is 7. The SMILES string of the molecule is O=C(CCn1ccc(=O)[nH]c1=O)N1CCC(n2cc(CNC3CCOC3)nn2)CC1. The number of nitrogens with zero attached hydrogens (tertiary/aromatic N) is 5. The predicted octanol–water partition coefficient (Wildman–Crippen LogP) is -0.740. The molecule has 2 aliphatic rings. The fraction of sp³-hybridized carbons (Fsp3) is 0.632. The predicted molar refractivity (Wildman–Crippen MR) is 107 cm³/mol. The van der Waals surface area contributed by atoms with Crippen LogP contribution in [0, 0.1) is 0 Å². The number of ether oxygens (including phenoxy) is 1. The molecule has 0 spiro atoms. The lowest BCUT2D eigenvalue weighted by molar-refractivity contribution is -0.132. The second-order valence-corrected chi connectivity index (χ2v) is 7.80. The Morgan fingerprint density at radius 3 is 2.83 bits per heavy atom. The number of aryl methyl sites for hydroxylation is 1. The maximum absolute atomic E-state index is 12.5. The van der Waals surface area contributed by atoms with E-state index in [1.807, 2.05) is 15.8 Å². The van der Waals surface area contributed by atoms with Crippen LogP contribution < -0.4 is 16.6 Å². The molecule has 2 aliphatic heterocycles. The zero-order chi connectivity index (χ0) is 20.9. The van der Waals surface area contributed by atoms with Gasteiger partial charge in [0.2, 0.25) is 5.91 Å². The third-order valence-corrected chi connectivity index (χ3v) is 5.71. The molecule has 2 saturated heterocycles. The van der Waals surface area contributed by atoms with Crippen molar-refractivity contribution in [3.05, 3.63) is 45.0 Å². The molecule has 0 saturated carbocycles. The lowest BCUT2D eigenvalue weighted by Gasteiger charge is -2.32. The summed E-state index contributed by atoms with van der Waals surface area (Å²) < 4.78 is 8.61. The van der Waals surface area contributed by atoms with Gasteiger partial charge in [-0.3, -0.25) is 14.6 Å². The van der Waals surface area contributed by atoms with E-state index in [9.17, 15) is 14.4 Å². The van der Waals surface area contributed by atoms with Crippen molar-refractivity contribution in [1.82, 2.24) is 34.8 Å². The van der Waals surface area contributed by atoms with Crippen LogP contribution >= 0.6 is 0 Å². The van der Waals surface area contributed by atoms with Crippen LogP contribution in [0.3, 0.4) is 0 Å². The minimum atomic E-state index is -0.494. The van der Waals surface area contributed by atoms with Gasteiger partial charge >= 0.3 is 5.69 Å². The number of amides is 1. The fourth-order valence-electron chi connectivity index (χ4n) is 3.89. The Kier molecular flexibility index (Phi) is 6.38. The van der Waals surface area contributed by atoms with Gasteiger partial charge < -0.3 is 19.5 Å². The molecule has 0 bridgehead atoms. The molecule has 11 nitrogen and oxygen atoms in total. The monoisotopic (exact) mass is 417 g/mol. The largest absolute Gasteiger partial charge is 0.380 e.